The SMILES string of the molecule is CC1(C)OB(c2ccc3cc(CCS(C)(=O)=O)ccc3c2)OC1(C)C. The van der Waals surface area contributed by atoms with Gasteiger partial charge in [-0.1, -0.05) is 36.4 Å². The number of fused-ring (bicyclic) bond motifs is 1. The van der Waals surface area contributed by atoms with Gasteiger partial charge in [0.15, 0.2) is 0 Å². The summed E-state index contributed by atoms with van der Waals surface area (Å²) in [6.45, 7) is 8.18. The van der Waals surface area contributed by atoms with Crippen LogP contribution >= 0.6 is 0 Å². The molecule has 0 saturated carbocycles. The van der Waals surface area contributed by atoms with Gasteiger partial charge in [-0.2, -0.15) is 0 Å². The van der Waals surface area contributed by atoms with Gasteiger partial charge in [-0.05, 0) is 55.9 Å². The molecule has 134 valence electrons. The van der Waals surface area contributed by atoms with Crippen LogP contribution in [0.4, 0.5) is 0 Å². The lowest BCUT2D eigenvalue weighted by Gasteiger charge is -2.32. The lowest BCUT2D eigenvalue weighted by Crippen LogP contribution is -2.41. The van der Waals surface area contributed by atoms with Gasteiger partial charge in [-0.3, -0.25) is 0 Å². The first-order valence-corrected chi connectivity index (χ1v) is 10.6. The van der Waals surface area contributed by atoms with Gasteiger partial charge in [-0.15, -0.1) is 0 Å². The van der Waals surface area contributed by atoms with Crippen LogP contribution in [-0.2, 0) is 25.6 Å². The largest absolute Gasteiger partial charge is 0.494 e. The summed E-state index contributed by atoms with van der Waals surface area (Å²) in [6.07, 6.45) is 1.80. The minimum Gasteiger partial charge on any atom is -0.399 e. The highest BCUT2D eigenvalue weighted by Gasteiger charge is 2.51. The second kappa shape index (κ2) is 6.11. The van der Waals surface area contributed by atoms with E-state index >= 15 is 0 Å². The van der Waals surface area contributed by atoms with Gasteiger partial charge < -0.3 is 9.31 Å². The molecule has 0 atom stereocenters. The Morgan fingerprint density at radius 3 is 2.08 bits per heavy atom. The van der Waals surface area contributed by atoms with E-state index in [2.05, 4.69) is 12.1 Å². The molecule has 0 spiro atoms. The standard InChI is InChI=1S/C19H25BO4S/c1-18(2)19(3,4)24-20(23-18)17-9-8-15-12-14(6-7-16(15)13-17)10-11-25(5,21)22/h6-9,12-13H,10-11H2,1-5H3. The minimum atomic E-state index is -2.95. The average Bonchev–Trinajstić information content (AvgIpc) is 2.72. The Balaban J connectivity index is 1.84. The summed E-state index contributed by atoms with van der Waals surface area (Å²) in [5, 5.41) is 2.18. The van der Waals surface area contributed by atoms with Crippen LogP contribution in [0.1, 0.15) is 33.3 Å². The zero-order valence-corrected chi connectivity index (χ0v) is 16.3. The molecule has 0 amide bonds. The maximum absolute atomic E-state index is 11.3. The summed E-state index contributed by atoms with van der Waals surface area (Å²) >= 11 is 0. The van der Waals surface area contributed by atoms with Crippen molar-refractivity contribution in [2.45, 2.75) is 45.3 Å². The number of sulfone groups is 1. The molecule has 1 aliphatic rings. The van der Waals surface area contributed by atoms with Crippen LogP contribution in [-0.4, -0.2) is 38.7 Å². The van der Waals surface area contributed by atoms with Crippen molar-refractivity contribution in [3.63, 3.8) is 0 Å². The Labute approximate surface area is 150 Å². The highest BCUT2D eigenvalue weighted by Crippen LogP contribution is 2.36. The predicted molar refractivity (Wildman–Crippen MR) is 103 cm³/mol. The van der Waals surface area contributed by atoms with Crippen molar-refractivity contribution in [3.8, 4) is 0 Å². The molecule has 3 rings (SSSR count). The molecule has 1 heterocycles. The van der Waals surface area contributed by atoms with E-state index in [-0.39, 0.29) is 24.1 Å². The first-order chi connectivity index (χ1) is 11.5. The zero-order valence-electron chi connectivity index (χ0n) is 15.5. The lowest BCUT2D eigenvalue weighted by atomic mass is 9.78. The fourth-order valence-corrected chi connectivity index (χ4v) is 3.50. The van der Waals surface area contributed by atoms with Crippen LogP contribution in [0.5, 0.6) is 0 Å². The third-order valence-electron chi connectivity index (χ3n) is 5.22. The van der Waals surface area contributed by atoms with Gasteiger partial charge in [0.1, 0.15) is 9.84 Å². The Morgan fingerprint density at radius 1 is 0.920 bits per heavy atom. The van der Waals surface area contributed by atoms with Crippen molar-refractivity contribution < 1.29 is 17.7 Å². The Kier molecular flexibility index (Phi) is 4.50. The molecule has 2 aromatic rings. The number of benzene rings is 2. The van der Waals surface area contributed by atoms with Crippen molar-refractivity contribution in [3.05, 3.63) is 42.0 Å². The topological polar surface area (TPSA) is 52.6 Å². The first-order valence-electron chi connectivity index (χ1n) is 8.53. The van der Waals surface area contributed by atoms with Crippen molar-refractivity contribution in [1.82, 2.24) is 0 Å². The summed E-state index contributed by atoms with van der Waals surface area (Å²) in [6, 6.07) is 12.2. The van der Waals surface area contributed by atoms with Crippen LogP contribution < -0.4 is 5.46 Å². The number of aryl methyl sites for hydroxylation is 1. The summed E-state index contributed by atoms with van der Waals surface area (Å²) in [7, 11) is -3.32. The van der Waals surface area contributed by atoms with E-state index in [1.807, 2.05) is 52.0 Å². The highest BCUT2D eigenvalue weighted by molar-refractivity contribution is 7.90. The van der Waals surface area contributed by atoms with Crippen molar-refractivity contribution in [1.29, 1.82) is 0 Å². The molecule has 4 nitrogen and oxygen atoms in total. The molecule has 1 saturated heterocycles. The van der Waals surface area contributed by atoms with E-state index < -0.39 is 9.84 Å². The molecule has 0 N–H and O–H groups in total. The molecule has 0 bridgehead atoms. The van der Waals surface area contributed by atoms with Crippen LogP contribution in [0.2, 0.25) is 0 Å². The minimum absolute atomic E-state index is 0.171. The fraction of sp³-hybridized carbons (Fsp3) is 0.474. The van der Waals surface area contributed by atoms with Crippen LogP contribution in [0, 0.1) is 0 Å². The Morgan fingerprint density at radius 2 is 1.48 bits per heavy atom. The Hall–Kier alpha value is -1.37. The van der Waals surface area contributed by atoms with Crippen molar-refractivity contribution in [2.75, 3.05) is 12.0 Å². The zero-order chi connectivity index (χ0) is 18.5. The van der Waals surface area contributed by atoms with Gasteiger partial charge >= 0.3 is 7.12 Å². The summed E-state index contributed by atoms with van der Waals surface area (Å²) in [5.74, 6) is 0.171. The van der Waals surface area contributed by atoms with E-state index in [0.717, 1.165) is 21.8 Å². The maximum atomic E-state index is 11.3. The molecular weight excluding hydrogens is 335 g/mol. The van der Waals surface area contributed by atoms with E-state index in [9.17, 15) is 8.42 Å². The van der Waals surface area contributed by atoms with Gasteiger partial charge in [0.25, 0.3) is 0 Å². The van der Waals surface area contributed by atoms with Crippen LogP contribution in [0.15, 0.2) is 36.4 Å². The third kappa shape index (κ3) is 3.91. The smallest absolute Gasteiger partial charge is 0.399 e. The molecule has 1 aliphatic heterocycles. The molecule has 0 aromatic heterocycles. The van der Waals surface area contributed by atoms with Crippen LogP contribution in [0.3, 0.4) is 0 Å². The van der Waals surface area contributed by atoms with E-state index in [0.29, 0.717) is 6.42 Å². The molecule has 2 aromatic carbocycles. The Bertz CT molecular complexity index is 887. The molecule has 25 heavy (non-hydrogen) atoms. The predicted octanol–water partition coefficient (Wildman–Crippen LogP) is 2.73. The summed E-state index contributed by atoms with van der Waals surface area (Å²) in [4.78, 5) is 0. The van der Waals surface area contributed by atoms with Crippen LogP contribution in [0.25, 0.3) is 10.8 Å². The normalized spacial score (nSPS) is 19.5. The van der Waals surface area contributed by atoms with E-state index in [1.165, 1.54) is 6.26 Å². The number of rotatable bonds is 4. The van der Waals surface area contributed by atoms with E-state index in [1.54, 1.807) is 0 Å². The second-order valence-electron chi connectivity index (χ2n) is 7.91. The number of hydrogen-bond donors (Lipinski definition) is 0. The average molecular weight is 360 g/mol. The summed E-state index contributed by atoms with van der Waals surface area (Å²) in [5.41, 5.74) is 1.31. The molecular formula is C19H25BO4S. The fourth-order valence-electron chi connectivity index (χ4n) is 2.90. The number of hydrogen-bond acceptors (Lipinski definition) is 4. The van der Waals surface area contributed by atoms with Gasteiger partial charge in [0.2, 0.25) is 0 Å². The third-order valence-corrected chi connectivity index (χ3v) is 6.16. The lowest BCUT2D eigenvalue weighted by molar-refractivity contribution is 0.00578. The molecule has 1 fully saturated rings. The highest BCUT2D eigenvalue weighted by atomic mass is 32.2. The van der Waals surface area contributed by atoms with Crippen molar-refractivity contribution >= 4 is 33.2 Å². The van der Waals surface area contributed by atoms with Gasteiger partial charge in [0.05, 0.1) is 17.0 Å². The van der Waals surface area contributed by atoms with Crippen molar-refractivity contribution in [2.24, 2.45) is 0 Å². The quantitative estimate of drug-likeness (QED) is 0.787. The van der Waals surface area contributed by atoms with Gasteiger partial charge in [0, 0.05) is 6.26 Å². The molecule has 0 radical (unpaired) electrons. The monoisotopic (exact) mass is 360 g/mol. The van der Waals surface area contributed by atoms with Gasteiger partial charge in [-0.25, -0.2) is 8.42 Å². The maximum Gasteiger partial charge on any atom is 0.494 e. The molecule has 0 aliphatic carbocycles. The molecule has 0 unspecified atom stereocenters. The van der Waals surface area contributed by atoms with E-state index in [4.69, 9.17) is 9.31 Å². The summed E-state index contributed by atoms with van der Waals surface area (Å²) < 4.78 is 34.9. The first kappa shape index (κ1) is 18.4. The molecule has 6 heteroatoms. The second-order valence-corrected chi connectivity index (χ2v) is 10.2.